The molecule has 0 aromatic heterocycles. The molecule has 1 aliphatic heterocycles. The quantitative estimate of drug-likeness (QED) is 0.687. The van der Waals surface area contributed by atoms with E-state index in [0.29, 0.717) is 11.3 Å². The number of fused-ring (bicyclic) bond motifs is 1. The first-order chi connectivity index (χ1) is 13.3. The zero-order valence-corrected chi connectivity index (χ0v) is 15.2. The summed E-state index contributed by atoms with van der Waals surface area (Å²) in [7, 11) is 0. The van der Waals surface area contributed by atoms with Gasteiger partial charge in [-0.3, -0.25) is 0 Å². The van der Waals surface area contributed by atoms with Gasteiger partial charge in [0, 0.05) is 0 Å². The van der Waals surface area contributed by atoms with Crippen LogP contribution in [0.2, 0.25) is 0 Å². The van der Waals surface area contributed by atoms with Gasteiger partial charge in [-0.25, -0.2) is 4.79 Å². The van der Waals surface area contributed by atoms with Gasteiger partial charge in [-0.05, 0) is 60.5 Å². The predicted molar refractivity (Wildman–Crippen MR) is 106 cm³/mol. The Balaban J connectivity index is 1.44. The van der Waals surface area contributed by atoms with Crippen molar-refractivity contribution in [1.82, 2.24) is 5.32 Å². The number of nitrogens with one attached hydrogen (secondary N) is 1. The number of carbonyl (C=O) groups excluding carboxylic acids is 1. The average molecular weight is 361 g/mol. The molecule has 0 unspecified atom stereocenters. The molecule has 0 aliphatic carbocycles. The van der Waals surface area contributed by atoms with Gasteiger partial charge in [0.25, 0.3) is 0 Å². The van der Waals surface area contributed by atoms with Gasteiger partial charge in [-0.1, -0.05) is 48.5 Å². The molecule has 3 aromatic carbocycles. The van der Waals surface area contributed by atoms with E-state index in [0.717, 1.165) is 36.9 Å². The van der Waals surface area contributed by atoms with Crippen LogP contribution >= 0.6 is 0 Å². The fourth-order valence-electron chi connectivity index (χ4n) is 3.39. The van der Waals surface area contributed by atoms with Crippen LogP contribution in [0.25, 0.3) is 10.8 Å². The highest BCUT2D eigenvalue weighted by molar-refractivity contribution is 5.92. The van der Waals surface area contributed by atoms with Crippen LogP contribution in [0.5, 0.6) is 5.75 Å². The van der Waals surface area contributed by atoms with Crippen LogP contribution in [0, 0.1) is 0 Å². The molecule has 4 heteroatoms. The maximum atomic E-state index is 12.6. The van der Waals surface area contributed by atoms with Crippen LogP contribution in [0.1, 0.15) is 28.8 Å². The van der Waals surface area contributed by atoms with Gasteiger partial charge in [0.15, 0.2) is 0 Å². The minimum absolute atomic E-state index is 0.140. The monoisotopic (exact) mass is 361 g/mol. The Kier molecular flexibility index (Phi) is 5.35. The lowest BCUT2D eigenvalue weighted by molar-refractivity contribution is 0.0464. The topological polar surface area (TPSA) is 47.6 Å². The molecule has 3 aromatic rings. The largest absolute Gasteiger partial charge is 0.489 e. The summed E-state index contributed by atoms with van der Waals surface area (Å²) in [4.78, 5) is 12.6. The third-order valence-corrected chi connectivity index (χ3v) is 4.87. The molecule has 0 saturated carbocycles. The molecule has 0 radical (unpaired) electrons. The molecule has 1 heterocycles. The molecular formula is C23H23NO3. The van der Waals surface area contributed by atoms with Crippen LogP contribution in [0.4, 0.5) is 0 Å². The second-order valence-electron chi connectivity index (χ2n) is 6.82. The number of rotatable bonds is 5. The second kappa shape index (κ2) is 8.23. The van der Waals surface area contributed by atoms with Gasteiger partial charge in [0.05, 0.1) is 0 Å². The van der Waals surface area contributed by atoms with E-state index in [9.17, 15) is 4.79 Å². The molecule has 4 nitrogen and oxygen atoms in total. The van der Waals surface area contributed by atoms with Crippen LogP contribution in [0.3, 0.4) is 0 Å². The Bertz CT molecular complexity index is 932. The van der Waals surface area contributed by atoms with Gasteiger partial charge < -0.3 is 14.8 Å². The zero-order chi connectivity index (χ0) is 18.5. The molecule has 27 heavy (non-hydrogen) atoms. The Morgan fingerprint density at radius 1 is 0.926 bits per heavy atom. The smallest absolute Gasteiger partial charge is 0.342 e. The molecule has 0 atom stereocenters. The summed E-state index contributed by atoms with van der Waals surface area (Å²) in [6.07, 6.45) is 2.03. The summed E-state index contributed by atoms with van der Waals surface area (Å²) >= 11 is 0. The van der Waals surface area contributed by atoms with Crippen molar-refractivity contribution in [2.24, 2.45) is 0 Å². The van der Waals surface area contributed by atoms with Gasteiger partial charge in [-0.2, -0.15) is 0 Å². The lowest BCUT2D eigenvalue weighted by Gasteiger charge is -2.24. The zero-order valence-electron chi connectivity index (χ0n) is 15.2. The SMILES string of the molecule is O=C(OCc1ccc2ccccc2c1)c1ccccc1OC1CCNCC1. The first kappa shape index (κ1) is 17.6. The van der Waals surface area contributed by atoms with E-state index in [4.69, 9.17) is 9.47 Å². The number of carbonyl (C=O) groups is 1. The second-order valence-corrected chi connectivity index (χ2v) is 6.82. The third kappa shape index (κ3) is 4.29. The van der Waals surface area contributed by atoms with Crippen molar-refractivity contribution in [2.45, 2.75) is 25.6 Å². The minimum Gasteiger partial charge on any atom is -0.489 e. The molecule has 1 saturated heterocycles. The van der Waals surface area contributed by atoms with Crippen molar-refractivity contribution >= 4 is 16.7 Å². The van der Waals surface area contributed by atoms with Crippen molar-refractivity contribution < 1.29 is 14.3 Å². The number of esters is 1. The summed E-state index contributed by atoms with van der Waals surface area (Å²) in [6, 6.07) is 21.6. The molecule has 138 valence electrons. The average Bonchev–Trinajstić information content (AvgIpc) is 2.73. The van der Waals surface area contributed by atoms with Crippen LogP contribution in [-0.4, -0.2) is 25.2 Å². The standard InChI is InChI=1S/C23H23NO3/c25-23(26-16-17-9-10-18-5-1-2-6-19(18)15-17)21-7-3-4-8-22(21)27-20-11-13-24-14-12-20/h1-10,15,20,24H,11-14,16H2. The van der Waals surface area contributed by atoms with E-state index in [1.165, 1.54) is 5.39 Å². The molecule has 0 bridgehead atoms. The number of piperidine rings is 1. The molecule has 1 aliphatic rings. The number of para-hydroxylation sites is 1. The molecule has 1 N–H and O–H groups in total. The van der Waals surface area contributed by atoms with E-state index < -0.39 is 0 Å². The lowest BCUT2D eigenvalue weighted by atomic mass is 10.1. The maximum Gasteiger partial charge on any atom is 0.342 e. The third-order valence-electron chi connectivity index (χ3n) is 4.87. The van der Waals surface area contributed by atoms with Crippen molar-refractivity contribution in [3.63, 3.8) is 0 Å². The normalized spacial score (nSPS) is 14.8. The molecule has 1 fully saturated rings. The highest BCUT2D eigenvalue weighted by atomic mass is 16.5. The van der Waals surface area contributed by atoms with Gasteiger partial charge in [0.1, 0.15) is 24.0 Å². The molecule has 4 rings (SSSR count). The first-order valence-corrected chi connectivity index (χ1v) is 9.41. The number of ether oxygens (including phenoxy) is 2. The van der Waals surface area contributed by atoms with Crippen LogP contribution < -0.4 is 10.1 Å². The predicted octanol–water partition coefficient (Wildman–Crippen LogP) is 4.33. The van der Waals surface area contributed by atoms with Crippen LogP contribution in [-0.2, 0) is 11.3 Å². The molecule has 0 spiro atoms. The van der Waals surface area contributed by atoms with Gasteiger partial charge in [-0.15, -0.1) is 0 Å². The van der Waals surface area contributed by atoms with Crippen LogP contribution in [0.15, 0.2) is 66.7 Å². The Hall–Kier alpha value is -2.85. The van der Waals surface area contributed by atoms with E-state index in [1.54, 1.807) is 6.07 Å². The van der Waals surface area contributed by atoms with Crippen molar-refractivity contribution in [1.29, 1.82) is 0 Å². The molecular weight excluding hydrogens is 338 g/mol. The lowest BCUT2D eigenvalue weighted by Crippen LogP contribution is -2.34. The first-order valence-electron chi connectivity index (χ1n) is 9.41. The van der Waals surface area contributed by atoms with E-state index in [-0.39, 0.29) is 18.7 Å². The maximum absolute atomic E-state index is 12.6. The Morgan fingerprint density at radius 2 is 1.67 bits per heavy atom. The summed E-state index contributed by atoms with van der Waals surface area (Å²) in [5, 5.41) is 5.63. The van der Waals surface area contributed by atoms with Crippen molar-refractivity contribution in [3.8, 4) is 5.75 Å². The summed E-state index contributed by atoms with van der Waals surface area (Å²) in [5.41, 5.74) is 1.45. The summed E-state index contributed by atoms with van der Waals surface area (Å²) < 4.78 is 11.6. The minimum atomic E-state index is -0.354. The van der Waals surface area contributed by atoms with Crippen molar-refractivity contribution in [3.05, 3.63) is 77.9 Å². The number of benzene rings is 3. The number of hydrogen-bond acceptors (Lipinski definition) is 4. The highest BCUT2D eigenvalue weighted by Gasteiger charge is 2.19. The van der Waals surface area contributed by atoms with E-state index in [2.05, 4.69) is 23.5 Å². The fraction of sp³-hybridized carbons (Fsp3) is 0.261. The Labute approximate surface area is 159 Å². The van der Waals surface area contributed by atoms with Crippen molar-refractivity contribution in [2.75, 3.05) is 13.1 Å². The highest BCUT2D eigenvalue weighted by Crippen LogP contribution is 2.23. The van der Waals surface area contributed by atoms with Gasteiger partial charge >= 0.3 is 5.97 Å². The van der Waals surface area contributed by atoms with E-state index in [1.807, 2.05) is 42.5 Å². The number of hydrogen-bond donors (Lipinski definition) is 1. The summed E-state index contributed by atoms with van der Waals surface area (Å²) in [5.74, 6) is 0.251. The molecule has 0 amide bonds. The fourth-order valence-corrected chi connectivity index (χ4v) is 3.39. The summed E-state index contributed by atoms with van der Waals surface area (Å²) in [6.45, 7) is 2.13. The Morgan fingerprint density at radius 3 is 2.52 bits per heavy atom. The van der Waals surface area contributed by atoms with Gasteiger partial charge in [0.2, 0.25) is 0 Å². The van der Waals surface area contributed by atoms with E-state index >= 15 is 0 Å².